The van der Waals surface area contributed by atoms with Crippen LogP contribution in [0.5, 0.6) is 0 Å². The summed E-state index contributed by atoms with van der Waals surface area (Å²) < 4.78 is 7.97. The minimum Gasteiger partial charge on any atom is -0.376 e. The summed E-state index contributed by atoms with van der Waals surface area (Å²) in [5.74, 6) is 1.07. The summed E-state index contributed by atoms with van der Waals surface area (Å²) in [6.45, 7) is 1.61. The average molecular weight is 259 g/mol. The first kappa shape index (κ1) is 12.5. The fourth-order valence-corrected chi connectivity index (χ4v) is 2.73. The highest BCUT2D eigenvalue weighted by atomic mass is 16.5. The van der Waals surface area contributed by atoms with Gasteiger partial charge in [-0.05, 0) is 25.0 Å². The van der Waals surface area contributed by atoms with E-state index < -0.39 is 0 Å². The number of pyridine rings is 1. The lowest BCUT2D eigenvalue weighted by atomic mass is 9.98. The van der Waals surface area contributed by atoms with Crippen LogP contribution in [0.2, 0.25) is 0 Å². The summed E-state index contributed by atoms with van der Waals surface area (Å²) in [5.41, 5.74) is 0.971. The summed E-state index contributed by atoms with van der Waals surface area (Å²) >= 11 is 0. The number of rotatable bonds is 5. The van der Waals surface area contributed by atoms with Crippen LogP contribution < -0.4 is 5.32 Å². The van der Waals surface area contributed by atoms with E-state index >= 15 is 0 Å². The first-order valence-corrected chi connectivity index (χ1v) is 7.21. The molecule has 4 nitrogen and oxygen atoms in total. The predicted octanol–water partition coefficient (Wildman–Crippen LogP) is 3.10. The van der Waals surface area contributed by atoms with E-state index in [9.17, 15) is 0 Å². The van der Waals surface area contributed by atoms with Gasteiger partial charge in [-0.1, -0.05) is 25.3 Å². The smallest absolute Gasteiger partial charge is 0.138 e. The summed E-state index contributed by atoms with van der Waals surface area (Å²) in [6, 6.07) is 6.09. The fraction of sp³-hybridized carbons (Fsp3) is 0.533. The van der Waals surface area contributed by atoms with E-state index in [4.69, 9.17) is 4.74 Å². The molecule has 2 aromatic rings. The zero-order valence-corrected chi connectivity index (χ0v) is 11.2. The number of imidazole rings is 1. The molecule has 1 saturated carbocycles. The summed E-state index contributed by atoms with van der Waals surface area (Å²) in [4.78, 5) is 4.27. The Balaban J connectivity index is 1.48. The van der Waals surface area contributed by atoms with Crippen molar-refractivity contribution in [2.45, 2.75) is 38.2 Å². The van der Waals surface area contributed by atoms with Crippen molar-refractivity contribution in [1.82, 2.24) is 9.38 Å². The standard InChI is InChI=1S/C15H21N3O/c1-2-5-13(6-3-1)19-12-10-17-15-8-4-7-14-16-9-11-18(14)15/h4,7-9,11,13,17H,1-3,5-6,10,12H2. The molecule has 0 saturated heterocycles. The molecule has 4 heteroatoms. The van der Waals surface area contributed by atoms with Crippen molar-refractivity contribution in [3.8, 4) is 0 Å². The van der Waals surface area contributed by atoms with Gasteiger partial charge in [0, 0.05) is 18.9 Å². The molecule has 0 aromatic carbocycles. The lowest BCUT2D eigenvalue weighted by Gasteiger charge is -2.22. The van der Waals surface area contributed by atoms with E-state index in [1.54, 1.807) is 0 Å². The van der Waals surface area contributed by atoms with Gasteiger partial charge in [-0.15, -0.1) is 0 Å². The molecule has 0 unspecified atom stereocenters. The molecule has 0 amide bonds. The quantitative estimate of drug-likeness (QED) is 0.839. The van der Waals surface area contributed by atoms with Crippen molar-refractivity contribution >= 4 is 11.5 Å². The second kappa shape index (κ2) is 6.06. The monoisotopic (exact) mass is 259 g/mol. The Hall–Kier alpha value is -1.55. The third-order valence-corrected chi connectivity index (χ3v) is 3.74. The van der Waals surface area contributed by atoms with Crippen molar-refractivity contribution < 1.29 is 4.74 Å². The van der Waals surface area contributed by atoms with Crippen molar-refractivity contribution in [1.29, 1.82) is 0 Å². The Bertz CT molecular complexity index is 517. The van der Waals surface area contributed by atoms with Crippen molar-refractivity contribution in [2.24, 2.45) is 0 Å². The normalized spacial score (nSPS) is 16.8. The Morgan fingerprint density at radius 2 is 2.16 bits per heavy atom. The number of nitrogens with one attached hydrogen (secondary N) is 1. The Morgan fingerprint density at radius 1 is 1.26 bits per heavy atom. The van der Waals surface area contributed by atoms with Gasteiger partial charge in [0.15, 0.2) is 0 Å². The van der Waals surface area contributed by atoms with E-state index in [2.05, 4.69) is 20.8 Å². The lowest BCUT2D eigenvalue weighted by Crippen LogP contribution is -2.20. The van der Waals surface area contributed by atoms with Crippen molar-refractivity contribution in [2.75, 3.05) is 18.5 Å². The number of ether oxygens (including phenoxy) is 1. The maximum absolute atomic E-state index is 5.91. The Labute approximate surface area is 113 Å². The molecule has 1 fully saturated rings. The van der Waals surface area contributed by atoms with E-state index in [0.717, 1.165) is 24.6 Å². The molecular weight excluding hydrogens is 238 g/mol. The van der Waals surface area contributed by atoms with Crippen LogP contribution in [-0.4, -0.2) is 28.6 Å². The second-order valence-corrected chi connectivity index (χ2v) is 5.12. The number of anilines is 1. The minimum atomic E-state index is 0.486. The van der Waals surface area contributed by atoms with Crippen LogP contribution in [0.4, 0.5) is 5.82 Å². The van der Waals surface area contributed by atoms with E-state index in [1.807, 2.05) is 24.5 Å². The lowest BCUT2D eigenvalue weighted by molar-refractivity contribution is 0.0347. The van der Waals surface area contributed by atoms with Gasteiger partial charge in [-0.2, -0.15) is 0 Å². The van der Waals surface area contributed by atoms with Gasteiger partial charge in [0.2, 0.25) is 0 Å². The van der Waals surface area contributed by atoms with Gasteiger partial charge < -0.3 is 10.1 Å². The zero-order valence-electron chi connectivity index (χ0n) is 11.2. The molecule has 19 heavy (non-hydrogen) atoms. The fourth-order valence-electron chi connectivity index (χ4n) is 2.73. The van der Waals surface area contributed by atoms with Gasteiger partial charge >= 0.3 is 0 Å². The highest BCUT2D eigenvalue weighted by Gasteiger charge is 2.13. The van der Waals surface area contributed by atoms with Gasteiger partial charge in [0.05, 0.1) is 12.7 Å². The minimum absolute atomic E-state index is 0.486. The van der Waals surface area contributed by atoms with Gasteiger partial charge in [0.1, 0.15) is 11.5 Å². The van der Waals surface area contributed by atoms with Crippen molar-refractivity contribution in [3.05, 3.63) is 30.6 Å². The number of hydrogen-bond acceptors (Lipinski definition) is 3. The third kappa shape index (κ3) is 3.07. The second-order valence-electron chi connectivity index (χ2n) is 5.12. The molecule has 0 radical (unpaired) electrons. The van der Waals surface area contributed by atoms with Crippen molar-refractivity contribution in [3.63, 3.8) is 0 Å². The molecule has 0 atom stereocenters. The SMILES string of the molecule is c1cc(NCCOC2CCCCC2)n2ccnc2c1. The molecule has 0 spiro atoms. The van der Waals surface area contributed by atoms with Crippen LogP contribution in [0.15, 0.2) is 30.6 Å². The number of nitrogens with zero attached hydrogens (tertiary/aromatic N) is 2. The Morgan fingerprint density at radius 3 is 3.05 bits per heavy atom. The first-order chi connectivity index (χ1) is 9.43. The number of hydrogen-bond donors (Lipinski definition) is 1. The largest absolute Gasteiger partial charge is 0.376 e. The summed E-state index contributed by atoms with van der Waals surface area (Å²) in [7, 11) is 0. The number of aromatic nitrogens is 2. The molecule has 1 aliphatic rings. The summed E-state index contributed by atoms with van der Waals surface area (Å²) in [6.07, 6.45) is 10.8. The van der Waals surface area contributed by atoms with Gasteiger partial charge in [0.25, 0.3) is 0 Å². The van der Waals surface area contributed by atoms with E-state index in [-0.39, 0.29) is 0 Å². The number of fused-ring (bicyclic) bond motifs is 1. The van der Waals surface area contributed by atoms with Gasteiger partial charge in [-0.25, -0.2) is 4.98 Å². The van der Waals surface area contributed by atoms with E-state index in [0.29, 0.717) is 6.10 Å². The highest BCUT2D eigenvalue weighted by Crippen LogP contribution is 2.20. The van der Waals surface area contributed by atoms with Crippen LogP contribution in [0.3, 0.4) is 0 Å². The molecule has 3 rings (SSSR count). The molecule has 0 aliphatic heterocycles. The maximum atomic E-state index is 5.91. The van der Waals surface area contributed by atoms with Gasteiger partial charge in [-0.3, -0.25) is 4.40 Å². The molecule has 102 valence electrons. The predicted molar refractivity (Wildman–Crippen MR) is 76.5 cm³/mol. The summed E-state index contributed by atoms with van der Waals surface area (Å²) in [5, 5.41) is 3.41. The maximum Gasteiger partial charge on any atom is 0.138 e. The van der Waals surface area contributed by atoms with Crippen LogP contribution in [0, 0.1) is 0 Å². The molecular formula is C15H21N3O. The first-order valence-electron chi connectivity index (χ1n) is 7.21. The molecule has 0 bridgehead atoms. The highest BCUT2D eigenvalue weighted by molar-refractivity contribution is 5.49. The van der Waals surface area contributed by atoms with Crippen LogP contribution in [0.1, 0.15) is 32.1 Å². The molecule has 1 aliphatic carbocycles. The zero-order chi connectivity index (χ0) is 12.9. The molecule has 2 aromatic heterocycles. The van der Waals surface area contributed by atoms with E-state index in [1.165, 1.54) is 32.1 Å². The van der Waals surface area contributed by atoms with Crippen LogP contribution in [0.25, 0.3) is 5.65 Å². The van der Waals surface area contributed by atoms with Crippen LogP contribution >= 0.6 is 0 Å². The topological polar surface area (TPSA) is 38.6 Å². The van der Waals surface area contributed by atoms with Crippen LogP contribution in [-0.2, 0) is 4.74 Å². The Kier molecular flexibility index (Phi) is 3.98. The molecule has 1 N–H and O–H groups in total. The average Bonchev–Trinajstić information content (AvgIpc) is 2.94. The molecule has 2 heterocycles. The third-order valence-electron chi connectivity index (χ3n) is 3.74.